The average molecular weight is 730 g/mol. The van der Waals surface area contributed by atoms with E-state index in [1.54, 1.807) is 6.20 Å². The lowest BCUT2D eigenvalue weighted by atomic mass is 9.99. The Morgan fingerprint density at radius 1 is 0.368 bits per heavy atom. The minimum absolute atomic E-state index is 0.620. The smallest absolute Gasteiger partial charge is 0.180 e. The first-order chi connectivity index (χ1) is 28.2. The second-order valence-corrected chi connectivity index (χ2v) is 14.1. The third-order valence-corrected chi connectivity index (χ3v) is 10.6. The van der Waals surface area contributed by atoms with Crippen molar-refractivity contribution in [1.82, 2.24) is 24.9 Å². The van der Waals surface area contributed by atoms with Crippen LogP contribution in [-0.2, 0) is 0 Å². The number of furan rings is 1. The highest BCUT2D eigenvalue weighted by Crippen LogP contribution is 2.37. The molecule has 0 unspecified atom stereocenters. The summed E-state index contributed by atoms with van der Waals surface area (Å²) in [6, 6.07) is 60.4. The van der Waals surface area contributed by atoms with Crippen molar-refractivity contribution in [3.8, 4) is 67.5 Å². The predicted octanol–water partition coefficient (Wildman–Crippen LogP) is 12.9. The molecule has 57 heavy (non-hydrogen) atoms. The summed E-state index contributed by atoms with van der Waals surface area (Å²) < 4.78 is 6.45. The molecule has 0 atom stereocenters. The average Bonchev–Trinajstić information content (AvgIpc) is 3.67. The van der Waals surface area contributed by atoms with Crippen LogP contribution < -0.4 is 0 Å². The number of rotatable bonds is 6. The van der Waals surface area contributed by atoms with Crippen molar-refractivity contribution in [1.29, 1.82) is 0 Å². The molecule has 7 aromatic carbocycles. The molecule has 0 N–H and O–H groups in total. The first-order valence-corrected chi connectivity index (χ1v) is 18.9. The summed E-state index contributed by atoms with van der Waals surface area (Å²) in [7, 11) is 0. The van der Waals surface area contributed by atoms with E-state index >= 15 is 0 Å². The second kappa shape index (κ2) is 13.5. The second-order valence-electron chi connectivity index (χ2n) is 14.1. The number of para-hydroxylation sites is 2. The van der Waals surface area contributed by atoms with Crippen LogP contribution in [0.2, 0.25) is 0 Å². The lowest BCUT2D eigenvalue weighted by Gasteiger charge is -2.11. The zero-order chi connectivity index (χ0) is 37.7. The third-order valence-electron chi connectivity index (χ3n) is 10.6. The Balaban J connectivity index is 0.992. The first-order valence-electron chi connectivity index (χ1n) is 18.9. The van der Waals surface area contributed by atoms with E-state index in [0.29, 0.717) is 17.2 Å². The van der Waals surface area contributed by atoms with Crippen molar-refractivity contribution in [2.45, 2.75) is 0 Å². The Kier molecular flexibility index (Phi) is 7.71. The molecule has 0 saturated carbocycles. The molecule has 0 aliphatic heterocycles. The van der Waals surface area contributed by atoms with Crippen molar-refractivity contribution >= 4 is 43.7 Å². The van der Waals surface area contributed by atoms with Gasteiger partial charge < -0.3 is 4.42 Å². The lowest BCUT2D eigenvalue weighted by Crippen LogP contribution is -1.96. The number of pyridine rings is 1. The minimum Gasteiger partial charge on any atom is -0.452 e. The Morgan fingerprint density at radius 2 is 1.00 bits per heavy atom. The Morgan fingerprint density at radius 3 is 1.84 bits per heavy atom. The quantitative estimate of drug-likeness (QED) is 0.170. The fourth-order valence-corrected chi connectivity index (χ4v) is 7.68. The number of aromatic nitrogens is 5. The molecule has 0 saturated heterocycles. The van der Waals surface area contributed by atoms with Gasteiger partial charge in [-0.25, -0.2) is 19.9 Å². The maximum Gasteiger partial charge on any atom is 0.180 e. The fourth-order valence-electron chi connectivity index (χ4n) is 7.68. The van der Waals surface area contributed by atoms with Crippen molar-refractivity contribution < 1.29 is 4.42 Å². The monoisotopic (exact) mass is 729 g/mol. The maximum atomic E-state index is 6.45. The van der Waals surface area contributed by atoms with E-state index in [2.05, 4.69) is 132 Å². The highest BCUT2D eigenvalue weighted by atomic mass is 16.3. The zero-order valence-corrected chi connectivity index (χ0v) is 30.5. The van der Waals surface area contributed by atoms with Crippen LogP contribution in [0, 0.1) is 0 Å². The zero-order valence-electron chi connectivity index (χ0n) is 30.5. The topological polar surface area (TPSA) is 77.6 Å². The van der Waals surface area contributed by atoms with Crippen molar-refractivity contribution in [3.05, 3.63) is 188 Å². The Labute approximate surface area is 327 Å². The first kappa shape index (κ1) is 32.6. The molecular formula is C51H31N5O. The van der Waals surface area contributed by atoms with Crippen LogP contribution >= 0.6 is 0 Å². The highest BCUT2D eigenvalue weighted by Gasteiger charge is 2.19. The van der Waals surface area contributed by atoms with E-state index in [1.165, 1.54) is 16.3 Å². The van der Waals surface area contributed by atoms with Gasteiger partial charge in [0.1, 0.15) is 16.8 Å². The van der Waals surface area contributed by atoms with Gasteiger partial charge in [-0.15, -0.1) is 0 Å². The van der Waals surface area contributed by atoms with Gasteiger partial charge in [-0.05, 0) is 63.9 Å². The van der Waals surface area contributed by atoms with E-state index in [1.807, 2.05) is 54.7 Å². The minimum atomic E-state index is 0.620. The summed E-state index contributed by atoms with van der Waals surface area (Å²) in [5.41, 5.74) is 12.9. The summed E-state index contributed by atoms with van der Waals surface area (Å²) in [4.78, 5) is 24.8. The number of benzene rings is 7. The van der Waals surface area contributed by atoms with Crippen LogP contribution in [0.5, 0.6) is 0 Å². The predicted molar refractivity (Wildman–Crippen MR) is 230 cm³/mol. The molecule has 0 bridgehead atoms. The van der Waals surface area contributed by atoms with Gasteiger partial charge in [0, 0.05) is 51.0 Å². The van der Waals surface area contributed by atoms with Crippen LogP contribution in [0.4, 0.5) is 0 Å². The van der Waals surface area contributed by atoms with Crippen LogP contribution in [0.1, 0.15) is 0 Å². The van der Waals surface area contributed by atoms with Gasteiger partial charge in [-0.3, -0.25) is 4.98 Å². The largest absolute Gasteiger partial charge is 0.452 e. The van der Waals surface area contributed by atoms with Crippen LogP contribution in [0.15, 0.2) is 193 Å². The molecule has 6 heteroatoms. The van der Waals surface area contributed by atoms with Crippen LogP contribution in [-0.4, -0.2) is 24.9 Å². The summed E-state index contributed by atoms with van der Waals surface area (Å²) >= 11 is 0. The summed E-state index contributed by atoms with van der Waals surface area (Å²) in [5, 5.41) is 4.38. The molecule has 6 nitrogen and oxygen atoms in total. The van der Waals surface area contributed by atoms with Gasteiger partial charge in [-0.1, -0.05) is 140 Å². The van der Waals surface area contributed by atoms with E-state index in [4.69, 9.17) is 24.4 Å². The molecule has 0 radical (unpaired) electrons. The van der Waals surface area contributed by atoms with Gasteiger partial charge in [-0.2, -0.15) is 0 Å². The van der Waals surface area contributed by atoms with E-state index in [0.717, 1.165) is 77.7 Å². The van der Waals surface area contributed by atoms with Gasteiger partial charge in [0.25, 0.3) is 0 Å². The number of hydrogen-bond donors (Lipinski definition) is 0. The summed E-state index contributed by atoms with van der Waals surface area (Å²) in [6.07, 6.45) is 3.65. The molecule has 11 rings (SSSR count). The molecule has 266 valence electrons. The molecule has 4 aromatic heterocycles. The number of nitrogens with zero attached hydrogens (tertiary/aromatic N) is 5. The molecule has 0 aliphatic rings. The lowest BCUT2D eigenvalue weighted by molar-refractivity contribution is 0.667. The van der Waals surface area contributed by atoms with Gasteiger partial charge in [0.2, 0.25) is 0 Å². The van der Waals surface area contributed by atoms with Crippen molar-refractivity contribution in [2.75, 3.05) is 0 Å². The molecule has 0 aliphatic carbocycles. The van der Waals surface area contributed by atoms with Crippen LogP contribution in [0.25, 0.3) is 111 Å². The fraction of sp³-hybridized carbons (Fsp3) is 0. The SMILES string of the molecule is c1cncc(-c2cccc(-c3nc(-c4ccc(-c5nc(-c6ccc(-c7ccc8ccccc8c7)cc6)c6oc7ccccc7c6n5)cc4)c4ccccc4n3)c2)c1. The normalized spacial score (nSPS) is 11.5. The third kappa shape index (κ3) is 5.88. The Bertz CT molecular complexity index is 3280. The Hall–Kier alpha value is -7.83. The van der Waals surface area contributed by atoms with Gasteiger partial charge in [0.05, 0.1) is 11.2 Å². The van der Waals surface area contributed by atoms with Crippen molar-refractivity contribution in [3.63, 3.8) is 0 Å². The number of hydrogen-bond acceptors (Lipinski definition) is 6. The molecule has 4 heterocycles. The van der Waals surface area contributed by atoms with E-state index in [-0.39, 0.29) is 0 Å². The van der Waals surface area contributed by atoms with E-state index in [9.17, 15) is 0 Å². The molecule has 0 amide bonds. The van der Waals surface area contributed by atoms with Crippen LogP contribution in [0.3, 0.4) is 0 Å². The highest BCUT2D eigenvalue weighted by molar-refractivity contribution is 6.07. The number of fused-ring (bicyclic) bond motifs is 5. The summed E-state index contributed by atoms with van der Waals surface area (Å²) in [6.45, 7) is 0. The molecule has 0 spiro atoms. The maximum absolute atomic E-state index is 6.45. The summed E-state index contributed by atoms with van der Waals surface area (Å²) in [5.74, 6) is 1.28. The van der Waals surface area contributed by atoms with E-state index < -0.39 is 0 Å². The van der Waals surface area contributed by atoms with Crippen molar-refractivity contribution in [2.24, 2.45) is 0 Å². The van der Waals surface area contributed by atoms with Gasteiger partial charge in [0.15, 0.2) is 17.2 Å². The molecular weight excluding hydrogens is 699 g/mol. The molecule has 11 aromatic rings. The molecule has 0 fully saturated rings. The standard InChI is InChI=1S/C51H31N5O/c1-2-10-37-29-39(27-20-32(37)9-1)33-18-21-35(22-19-33)47-49-48(43-15-4-6-17-45(43)57-49)56-50(55-47)36-25-23-34(24-26-36)46-42-14-3-5-16-44(42)53-51(54-46)40-12-7-11-38(30-40)41-13-8-28-52-31-41/h1-31H. The van der Waals surface area contributed by atoms with Gasteiger partial charge >= 0.3 is 0 Å².